The predicted molar refractivity (Wildman–Crippen MR) is 116 cm³/mol. The molecular weight excluding hydrogens is 422 g/mol. The maximum absolute atomic E-state index is 9.89. The molecule has 1 aromatic heterocycles. The zero-order valence-electron chi connectivity index (χ0n) is 17.3. The summed E-state index contributed by atoms with van der Waals surface area (Å²) in [6.07, 6.45) is -0.222. The Bertz CT molecular complexity index is 909. The number of hydrogen-bond acceptors (Lipinski definition) is 9. The van der Waals surface area contributed by atoms with Crippen molar-refractivity contribution in [3.63, 3.8) is 0 Å². The Kier molecular flexibility index (Phi) is 5.85. The number of rotatable bonds is 5. The molecule has 10 heteroatoms. The number of piperazine rings is 1. The number of halogens is 1. The molecule has 4 atom stereocenters. The van der Waals surface area contributed by atoms with E-state index in [1.54, 1.807) is 0 Å². The monoisotopic (exact) mass is 447 g/mol. The number of aliphatic hydroxyl groups excluding tert-OH is 1. The Labute approximate surface area is 185 Å². The van der Waals surface area contributed by atoms with E-state index in [1.165, 1.54) is 11.9 Å². The molecule has 2 aromatic rings. The number of benzene rings is 1. The first kappa shape index (κ1) is 20.7. The molecule has 0 unspecified atom stereocenters. The minimum absolute atomic E-state index is 0.240. The molecule has 3 aliphatic rings. The molecule has 9 nitrogen and oxygen atoms in total. The molecule has 0 amide bonds. The van der Waals surface area contributed by atoms with Gasteiger partial charge in [-0.25, -0.2) is 4.98 Å². The fourth-order valence-electron chi connectivity index (χ4n) is 4.13. The van der Waals surface area contributed by atoms with Crippen LogP contribution in [-0.2, 0) is 9.47 Å². The van der Waals surface area contributed by atoms with Gasteiger partial charge in [0.15, 0.2) is 6.10 Å². The molecule has 0 aliphatic carbocycles. The van der Waals surface area contributed by atoms with Crippen LogP contribution in [0.25, 0.3) is 0 Å². The number of anilines is 3. The second-order valence-corrected chi connectivity index (χ2v) is 8.54. The summed E-state index contributed by atoms with van der Waals surface area (Å²) in [5.41, 5.74) is 2.08. The number of ether oxygens (including phenoxy) is 3. The van der Waals surface area contributed by atoms with Gasteiger partial charge in [0.05, 0.1) is 19.4 Å². The van der Waals surface area contributed by atoms with Crippen molar-refractivity contribution in [3.05, 3.63) is 35.5 Å². The molecule has 0 saturated carbocycles. The van der Waals surface area contributed by atoms with Gasteiger partial charge < -0.3 is 34.4 Å². The third-order valence-electron chi connectivity index (χ3n) is 5.95. The van der Waals surface area contributed by atoms with Crippen molar-refractivity contribution in [2.45, 2.75) is 24.4 Å². The van der Waals surface area contributed by atoms with E-state index in [1.807, 2.05) is 12.1 Å². The van der Waals surface area contributed by atoms with E-state index in [-0.39, 0.29) is 30.8 Å². The van der Waals surface area contributed by atoms with Crippen LogP contribution in [0.2, 0.25) is 5.02 Å². The summed E-state index contributed by atoms with van der Waals surface area (Å²) in [5.74, 6) is 0.641. The fraction of sp³-hybridized carbons (Fsp3) is 0.524. The molecule has 3 aliphatic heterocycles. The number of fused-ring (bicyclic) bond motifs is 1. The van der Waals surface area contributed by atoms with Crippen LogP contribution in [0.1, 0.15) is 0 Å². The van der Waals surface area contributed by atoms with Gasteiger partial charge >= 0.3 is 0 Å². The summed E-state index contributed by atoms with van der Waals surface area (Å²) < 4.78 is 17.2. The number of aliphatic hydroxyl groups is 1. The summed E-state index contributed by atoms with van der Waals surface area (Å²) in [6.45, 7) is 4.74. The summed E-state index contributed by atoms with van der Waals surface area (Å²) in [5, 5.41) is 13.4. The normalized spacial score (nSPS) is 28.5. The summed E-state index contributed by atoms with van der Waals surface area (Å²) in [6, 6.07) is 8.21. The van der Waals surface area contributed by atoms with Crippen molar-refractivity contribution >= 4 is 28.9 Å². The molecule has 3 fully saturated rings. The van der Waals surface area contributed by atoms with Crippen LogP contribution in [0.15, 0.2) is 30.5 Å². The van der Waals surface area contributed by atoms with Crippen LogP contribution in [0.4, 0.5) is 17.3 Å². The van der Waals surface area contributed by atoms with Gasteiger partial charge in [0.2, 0.25) is 11.8 Å². The molecule has 0 radical (unpaired) electrons. The molecule has 0 spiro atoms. The number of nitrogens with one attached hydrogen (secondary N) is 1. The van der Waals surface area contributed by atoms with Gasteiger partial charge in [-0.2, -0.15) is 4.98 Å². The zero-order valence-corrected chi connectivity index (χ0v) is 18.0. The van der Waals surface area contributed by atoms with Crippen molar-refractivity contribution in [2.75, 3.05) is 56.7 Å². The average Bonchev–Trinajstić information content (AvgIpc) is 3.35. The second kappa shape index (κ2) is 8.76. The first-order valence-electron chi connectivity index (χ1n) is 10.5. The largest absolute Gasteiger partial charge is 0.468 e. The molecule has 2 N–H and O–H groups in total. The molecule has 5 rings (SSSR count). The van der Waals surface area contributed by atoms with Crippen molar-refractivity contribution in [2.24, 2.45) is 0 Å². The lowest BCUT2D eigenvalue weighted by molar-refractivity contribution is 0.00782. The van der Waals surface area contributed by atoms with Gasteiger partial charge in [-0.1, -0.05) is 11.6 Å². The molecule has 166 valence electrons. The summed E-state index contributed by atoms with van der Waals surface area (Å²) in [4.78, 5) is 13.4. The summed E-state index contributed by atoms with van der Waals surface area (Å²) >= 11 is 6.25. The smallest absolute Gasteiger partial charge is 0.237 e. The van der Waals surface area contributed by atoms with Crippen LogP contribution in [0.3, 0.4) is 0 Å². The van der Waals surface area contributed by atoms with E-state index >= 15 is 0 Å². The van der Waals surface area contributed by atoms with Gasteiger partial charge in [-0.3, -0.25) is 0 Å². The Hall–Kier alpha value is -2.17. The minimum atomic E-state index is -0.634. The van der Waals surface area contributed by atoms with Gasteiger partial charge in [0.1, 0.15) is 23.3 Å². The van der Waals surface area contributed by atoms with Crippen LogP contribution < -0.4 is 15.0 Å². The Morgan fingerprint density at radius 1 is 1.10 bits per heavy atom. The van der Waals surface area contributed by atoms with E-state index in [4.69, 9.17) is 25.8 Å². The lowest BCUT2D eigenvalue weighted by Crippen LogP contribution is -2.44. The van der Waals surface area contributed by atoms with Crippen LogP contribution in [0, 0.1) is 0 Å². The molecule has 31 heavy (non-hydrogen) atoms. The third-order valence-corrected chi connectivity index (χ3v) is 6.21. The quantitative estimate of drug-likeness (QED) is 0.707. The highest BCUT2D eigenvalue weighted by molar-refractivity contribution is 6.31. The minimum Gasteiger partial charge on any atom is -0.468 e. The molecule has 0 bridgehead atoms. The number of nitrogens with zero attached hydrogens (tertiary/aromatic N) is 4. The maximum Gasteiger partial charge on any atom is 0.237 e. The predicted octanol–water partition coefficient (Wildman–Crippen LogP) is 1.53. The van der Waals surface area contributed by atoms with Gasteiger partial charge in [0.25, 0.3) is 0 Å². The van der Waals surface area contributed by atoms with Crippen molar-refractivity contribution in [1.29, 1.82) is 0 Å². The Morgan fingerprint density at radius 2 is 1.84 bits per heavy atom. The third kappa shape index (κ3) is 4.42. The van der Waals surface area contributed by atoms with E-state index in [0.29, 0.717) is 17.6 Å². The lowest BCUT2D eigenvalue weighted by Gasteiger charge is -2.34. The average molecular weight is 448 g/mol. The molecule has 1 aromatic carbocycles. The van der Waals surface area contributed by atoms with Crippen molar-refractivity contribution in [3.8, 4) is 5.88 Å². The van der Waals surface area contributed by atoms with Crippen molar-refractivity contribution in [1.82, 2.24) is 14.9 Å². The molecular formula is C21H26ClN5O4. The molecule has 3 saturated heterocycles. The number of likely N-dealkylation sites (N-methyl/N-ethyl adjacent to an activating group) is 1. The second-order valence-electron chi connectivity index (χ2n) is 8.13. The van der Waals surface area contributed by atoms with E-state index < -0.39 is 6.10 Å². The fourth-order valence-corrected chi connectivity index (χ4v) is 4.27. The van der Waals surface area contributed by atoms with Crippen LogP contribution in [-0.4, -0.2) is 90.8 Å². The Balaban J connectivity index is 1.24. The lowest BCUT2D eigenvalue weighted by atomic mass is 10.1. The van der Waals surface area contributed by atoms with Crippen LogP contribution in [0.5, 0.6) is 5.88 Å². The van der Waals surface area contributed by atoms with Crippen LogP contribution >= 0.6 is 11.6 Å². The molecule has 4 heterocycles. The topological polar surface area (TPSA) is 92.2 Å². The standard InChI is InChI=1S/C21H26ClN5O4/c1-26-6-8-27(9-7-26)14-4-2-13(3-5-14)24-21-23-10-15(22)20(25-21)31-17-12-30-18-16(28)11-29-19(17)18/h2-5,10,16-19,28H,6-9,11-12H2,1H3,(H,23,24,25)/t16-,17-,18-,19-/m1/s1. The van der Waals surface area contributed by atoms with E-state index in [9.17, 15) is 5.11 Å². The van der Waals surface area contributed by atoms with E-state index in [2.05, 4.69) is 44.3 Å². The maximum atomic E-state index is 9.89. The number of aromatic nitrogens is 2. The van der Waals surface area contributed by atoms with Gasteiger partial charge in [-0.05, 0) is 31.3 Å². The SMILES string of the molecule is CN1CCN(c2ccc(Nc3ncc(Cl)c(O[C@@H]4CO[C@H]5[C@@H]4OC[C@H]5O)n3)cc2)CC1. The Morgan fingerprint density at radius 3 is 2.61 bits per heavy atom. The first-order chi connectivity index (χ1) is 15.1. The van der Waals surface area contributed by atoms with Gasteiger partial charge in [-0.15, -0.1) is 0 Å². The highest BCUT2D eigenvalue weighted by Crippen LogP contribution is 2.32. The highest BCUT2D eigenvalue weighted by Gasteiger charge is 2.48. The first-order valence-corrected chi connectivity index (χ1v) is 10.9. The van der Waals surface area contributed by atoms with Crippen molar-refractivity contribution < 1.29 is 19.3 Å². The summed E-state index contributed by atoms with van der Waals surface area (Å²) in [7, 11) is 2.15. The number of hydrogen-bond donors (Lipinski definition) is 2. The highest BCUT2D eigenvalue weighted by atomic mass is 35.5. The van der Waals surface area contributed by atoms with E-state index in [0.717, 1.165) is 31.9 Å². The van der Waals surface area contributed by atoms with Gasteiger partial charge in [0, 0.05) is 37.6 Å². The zero-order chi connectivity index (χ0) is 21.4.